The van der Waals surface area contributed by atoms with E-state index in [4.69, 9.17) is 5.11 Å². The van der Waals surface area contributed by atoms with Crippen LogP contribution in [0.1, 0.15) is 50.2 Å². The molecule has 0 bridgehead atoms. The van der Waals surface area contributed by atoms with Crippen molar-refractivity contribution >= 4 is 6.08 Å². The zero-order valence-corrected chi connectivity index (χ0v) is 10.9. The maximum Gasteiger partial charge on any atom is 0.0471 e. The van der Waals surface area contributed by atoms with E-state index in [1.807, 2.05) is 0 Å². The van der Waals surface area contributed by atoms with Gasteiger partial charge in [-0.15, -0.1) is 0 Å². The molecule has 0 heterocycles. The average Bonchev–Trinajstić information content (AvgIpc) is 2.35. The highest BCUT2D eigenvalue weighted by atomic mass is 16.2. The Labute approximate surface area is 105 Å². The van der Waals surface area contributed by atoms with Gasteiger partial charge in [-0.3, -0.25) is 0 Å². The van der Waals surface area contributed by atoms with Gasteiger partial charge in [-0.2, -0.15) is 0 Å². The van der Waals surface area contributed by atoms with Gasteiger partial charge < -0.3 is 5.11 Å². The van der Waals surface area contributed by atoms with Gasteiger partial charge in [0.05, 0.1) is 0 Å². The van der Waals surface area contributed by atoms with Crippen LogP contribution in [-0.4, -0.2) is 11.7 Å². The molecule has 0 aliphatic rings. The lowest BCUT2D eigenvalue weighted by molar-refractivity contribution is 0.299. The molecule has 0 spiro atoms. The fraction of sp³-hybridized carbons (Fsp3) is 0.500. The standard InChI is InChI=1S/C16H24O/c1-2-3-4-5-6-7-9-15-10-8-11-16(14-15)12-13-17/h7-11,14,17H,2-6,12-13H2,1H3/b9-7+. The highest BCUT2D eigenvalue weighted by Crippen LogP contribution is 2.09. The Morgan fingerprint density at radius 1 is 1.18 bits per heavy atom. The number of rotatable bonds is 8. The van der Waals surface area contributed by atoms with Crippen molar-refractivity contribution in [2.24, 2.45) is 0 Å². The number of aliphatic hydroxyl groups excluding tert-OH is 1. The molecule has 0 aliphatic heterocycles. The summed E-state index contributed by atoms with van der Waals surface area (Å²) in [6, 6.07) is 8.39. The van der Waals surface area contributed by atoms with Crippen molar-refractivity contribution in [3.05, 3.63) is 41.5 Å². The molecule has 17 heavy (non-hydrogen) atoms. The van der Waals surface area contributed by atoms with Crippen molar-refractivity contribution in [3.63, 3.8) is 0 Å². The predicted molar refractivity (Wildman–Crippen MR) is 75.0 cm³/mol. The van der Waals surface area contributed by atoms with Gasteiger partial charge in [0, 0.05) is 6.61 Å². The number of aliphatic hydroxyl groups is 1. The third kappa shape index (κ3) is 6.28. The minimum Gasteiger partial charge on any atom is -0.396 e. The first-order valence-electron chi connectivity index (χ1n) is 6.73. The molecule has 1 nitrogen and oxygen atoms in total. The first-order valence-corrected chi connectivity index (χ1v) is 6.73. The molecule has 1 heteroatoms. The molecular weight excluding hydrogens is 208 g/mol. The average molecular weight is 232 g/mol. The van der Waals surface area contributed by atoms with Crippen LogP contribution >= 0.6 is 0 Å². The lowest BCUT2D eigenvalue weighted by atomic mass is 10.1. The highest BCUT2D eigenvalue weighted by molar-refractivity contribution is 5.50. The summed E-state index contributed by atoms with van der Waals surface area (Å²) in [5, 5.41) is 8.89. The normalized spacial score (nSPS) is 11.2. The molecule has 0 radical (unpaired) electrons. The summed E-state index contributed by atoms with van der Waals surface area (Å²) >= 11 is 0. The third-order valence-electron chi connectivity index (χ3n) is 2.89. The lowest BCUT2D eigenvalue weighted by Crippen LogP contribution is -1.90. The molecule has 1 aromatic rings. The van der Waals surface area contributed by atoms with Crippen molar-refractivity contribution in [1.29, 1.82) is 0 Å². The molecule has 0 atom stereocenters. The Morgan fingerprint density at radius 3 is 2.82 bits per heavy atom. The van der Waals surface area contributed by atoms with Crippen LogP contribution in [0.5, 0.6) is 0 Å². The molecule has 0 amide bonds. The molecular formula is C16H24O. The lowest BCUT2D eigenvalue weighted by Gasteiger charge is -2.00. The number of hydrogen-bond donors (Lipinski definition) is 1. The van der Waals surface area contributed by atoms with E-state index < -0.39 is 0 Å². The van der Waals surface area contributed by atoms with Crippen molar-refractivity contribution in [2.45, 2.75) is 45.4 Å². The van der Waals surface area contributed by atoms with Crippen LogP contribution < -0.4 is 0 Å². The van der Waals surface area contributed by atoms with Gasteiger partial charge in [0.1, 0.15) is 0 Å². The molecule has 0 saturated carbocycles. The van der Waals surface area contributed by atoms with Gasteiger partial charge in [0.2, 0.25) is 0 Å². The molecule has 1 N–H and O–H groups in total. The fourth-order valence-electron chi connectivity index (χ4n) is 1.89. The van der Waals surface area contributed by atoms with Crippen molar-refractivity contribution in [3.8, 4) is 0 Å². The van der Waals surface area contributed by atoms with Gasteiger partial charge in [-0.1, -0.05) is 62.6 Å². The minimum atomic E-state index is 0.226. The Kier molecular flexibility index (Phi) is 7.40. The second kappa shape index (κ2) is 9.00. The van der Waals surface area contributed by atoms with E-state index in [0.717, 1.165) is 6.42 Å². The monoisotopic (exact) mass is 232 g/mol. The summed E-state index contributed by atoms with van der Waals surface area (Å²) in [6.07, 6.45) is 11.6. The highest BCUT2D eigenvalue weighted by Gasteiger charge is 1.92. The number of hydrogen-bond acceptors (Lipinski definition) is 1. The molecule has 1 rings (SSSR count). The van der Waals surface area contributed by atoms with E-state index in [1.165, 1.54) is 43.2 Å². The van der Waals surface area contributed by atoms with Crippen LogP contribution in [0.4, 0.5) is 0 Å². The van der Waals surface area contributed by atoms with E-state index in [2.05, 4.69) is 43.3 Å². The number of benzene rings is 1. The smallest absolute Gasteiger partial charge is 0.0471 e. The zero-order valence-electron chi connectivity index (χ0n) is 10.9. The van der Waals surface area contributed by atoms with Crippen LogP contribution in [0.2, 0.25) is 0 Å². The SMILES string of the molecule is CCCCCC/C=C/c1cccc(CCO)c1. The predicted octanol–water partition coefficient (Wildman–Crippen LogP) is 4.21. The fourth-order valence-corrected chi connectivity index (χ4v) is 1.89. The zero-order chi connectivity index (χ0) is 12.3. The van der Waals surface area contributed by atoms with Crippen LogP contribution in [0, 0.1) is 0 Å². The Bertz CT molecular complexity index is 328. The van der Waals surface area contributed by atoms with E-state index in [1.54, 1.807) is 0 Å². The van der Waals surface area contributed by atoms with E-state index >= 15 is 0 Å². The first kappa shape index (κ1) is 14.0. The molecule has 0 fully saturated rings. The minimum absolute atomic E-state index is 0.226. The maximum atomic E-state index is 8.89. The summed E-state index contributed by atoms with van der Waals surface area (Å²) < 4.78 is 0. The summed E-state index contributed by atoms with van der Waals surface area (Å²) in [7, 11) is 0. The van der Waals surface area contributed by atoms with Crippen molar-refractivity contribution in [1.82, 2.24) is 0 Å². The Balaban J connectivity index is 2.34. The van der Waals surface area contributed by atoms with E-state index in [-0.39, 0.29) is 6.61 Å². The van der Waals surface area contributed by atoms with Crippen LogP contribution in [0.25, 0.3) is 6.08 Å². The molecule has 1 aromatic carbocycles. The molecule has 0 aromatic heterocycles. The maximum absolute atomic E-state index is 8.89. The number of allylic oxidation sites excluding steroid dienone is 1. The van der Waals surface area contributed by atoms with Crippen LogP contribution in [0.15, 0.2) is 30.3 Å². The van der Waals surface area contributed by atoms with Gasteiger partial charge in [-0.25, -0.2) is 0 Å². The summed E-state index contributed by atoms with van der Waals surface area (Å²) in [5.41, 5.74) is 2.45. The Hall–Kier alpha value is -1.08. The van der Waals surface area contributed by atoms with E-state index in [9.17, 15) is 0 Å². The van der Waals surface area contributed by atoms with Gasteiger partial charge in [-0.05, 0) is 30.4 Å². The third-order valence-corrected chi connectivity index (χ3v) is 2.89. The second-order valence-corrected chi connectivity index (χ2v) is 4.47. The quantitative estimate of drug-likeness (QED) is 0.666. The van der Waals surface area contributed by atoms with Crippen LogP contribution in [0.3, 0.4) is 0 Å². The van der Waals surface area contributed by atoms with Gasteiger partial charge in [0.15, 0.2) is 0 Å². The van der Waals surface area contributed by atoms with Gasteiger partial charge >= 0.3 is 0 Å². The van der Waals surface area contributed by atoms with E-state index in [0.29, 0.717) is 0 Å². The molecule has 0 saturated heterocycles. The summed E-state index contributed by atoms with van der Waals surface area (Å²) in [4.78, 5) is 0. The first-order chi connectivity index (χ1) is 8.36. The topological polar surface area (TPSA) is 20.2 Å². The summed E-state index contributed by atoms with van der Waals surface area (Å²) in [5.74, 6) is 0. The van der Waals surface area contributed by atoms with Gasteiger partial charge in [0.25, 0.3) is 0 Å². The molecule has 94 valence electrons. The van der Waals surface area contributed by atoms with Crippen LogP contribution in [-0.2, 0) is 6.42 Å². The number of unbranched alkanes of at least 4 members (excludes halogenated alkanes) is 4. The molecule has 0 aliphatic carbocycles. The largest absolute Gasteiger partial charge is 0.396 e. The molecule has 0 unspecified atom stereocenters. The van der Waals surface area contributed by atoms with Crippen molar-refractivity contribution in [2.75, 3.05) is 6.61 Å². The summed E-state index contributed by atoms with van der Waals surface area (Å²) in [6.45, 7) is 2.46. The Morgan fingerprint density at radius 2 is 2.06 bits per heavy atom. The second-order valence-electron chi connectivity index (χ2n) is 4.47. The van der Waals surface area contributed by atoms with Crippen molar-refractivity contribution < 1.29 is 5.11 Å².